The minimum atomic E-state index is 0.370. The van der Waals surface area contributed by atoms with Crippen LogP contribution in [0.5, 0.6) is 0 Å². The normalized spacial score (nSPS) is 30.7. The number of rotatable bonds is 3. The number of hydrogen-bond acceptors (Lipinski definition) is 3. The standard InChI is InChI=1S/C18H33N3O2/c1-19-17(20-9-4-16-5-12-22-13-6-16)21-10-2-7-18(14-21)8-3-11-23-15-18/h16H,2-15H2,1H3,(H,19,20). The molecule has 132 valence electrons. The van der Waals surface area contributed by atoms with Crippen molar-refractivity contribution in [2.24, 2.45) is 16.3 Å². The van der Waals surface area contributed by atoms with E-state index >= 15 is 0 Å². The second-order valence-electron chi connectivity index (χ2n) is 7.50. The molecule has 0 radical (unpaired) electrons. The molecule has 3 aliphatic heterocycles. The molecule has 1 unspecified atom stereocenters. The zero-order valence-electron chi connectivity index (χ0n) is 14.7. The Morgan fingerprint density at radius 2 is 2.00 bits per heavy atom. The Balaban J connectivity index is 1.47. The summed E-state index contributed by atoms with van der Waals surface area (Å²) in [5.74, 6) is 1.90. The van der Waals surface area contributed by atoms with Crippen LogP contribution in [0.15, 0.2) is 4.99 Å². The summed E-state index contributed by atoms with van der Waals surface area (Å²) in [6.07, 6.45) is 8.73. The summed E-state index contributed by atoms with van der Waals surface area (Å²) in [6.45, 7) is 7.00. The molecule has 0 bridgehead atoms. The molecular weight excluding hydrogens is 290 g/mol. The first-order valence-corrected chi connectivity index (χ1v) is 9.42. The predicted octanol–water partition coefficient (Wildman–Crippen LogP) is 2.27. The van der Waals surface area contributed by atoms with Gasteiger partial charge in [0, 0.05) is 51.9 Å². The third-order valence-corrected chi connectivity index (χ3v) is 5.75. The van der Waals surface area contributed by atoms with E-state index in [2.05, 4.69) is 15.2 Å². The van der Waals surface area contributed by atoms with Crippen LogP contribution in [0, 0.1) is 11.3 Å². The van der Waals surface area contributed by atoms with Crippen molar-refractivity contribution in [3.05, 3.63) is 0 Å². The SMILES string of the molecule is CN=C(NCCC1CCOCC1)N1CCCC2(CCCOC2)C1. The highest BCUT2D eigenvalue weighted by Crippen LogP contribution is 2.37. The molecule has 1 N–H and O–H groups in total. The Bertz CT molecular complexity index is 382. The fourth-order valence-corrected chi connectivity index (χ4v) is 4.38. The fraction of sp³-hybridized carbons (Fsp3) is 0.944. The van der Waals surface area contributed by atoms with Gasteiger partial charge in [0.25, 0.3) is 0 Å². The van der Waals surface area contributed by atoms with Crippen LogP contribution in [-0.4, -0.2) is 64.0 Å². The molecule has 3 fully saturated rings. The van der Waals surface area contributed by atoms with Crippen molar-refractivity contribution >= 4 is 5.96 Å². The van der Waals surface area contributed by atoms with E-state index in [9.17, 15) is 0 Å². The van der Waals surface area contributed by atoms with Gasteiger partial charge in [-0.3, -0.25) is 4.99 Å². The van der Waals surface area contributed by atoms with Crippen molar-refractivity contribution in [2.45, 2.75) is 44.9 Å². The molecule has 23 heavy (non-hydrogen) atoms. The number of likely N-dealkylation sites (tertiary alicyclic amines) is 1. The summed E-state index contributed by atoms with van der Waals surface area (Å²) < 4.78 is 11.2. The van der Waals surface area contributed by atoms with Gasteiger partial charge in [0.2, 0.25) is 0 Å². The second kappa shape index (κ2) is 8.34. The van der Waals surface area contributed by atoms with E-state index in [1.165, 1.54) is 44.9 Å². The van der Waals surface area contributed by atoms with Crippen molar-refractivity contribution < 1.29 is 9.47 Å². The highest BCUT2D eigenvalue weighted by atomic mass is 16.5. The maximum absolute atomic E-state index is 5.79. The maximum atomic E-state index is 5.79. The molecule has 5 nitrogen and oxygen atoms in total. The van der Waals surface area contributed by atoms with Crippen LogP contribution in [-0.2, 0) is 9.47 Å². The van der Waals surface area contributed by atoms with Crippen molar-refractivity contribution in [3.8, 4) is 0 Å². The lowest BCUT2D eigenvalue weighted by Gasteiger charge is -2.45. The first-order valence-electron chi connectivity index (χ1n) is 9.42. The van der Waals surface area contributed by atoms with Crippen LogP contribution in [0.3, 0.4) is 0 Å². The quantitative estimate of drug-likeness (QED) is 0.639. The molecular formula is C18H33N3O2. The largest absolute Gasteiger partial charge is 0.381 e. The van der Waals surface area contributed by atoms with Crippen molar-refractivity contribution in [1.82, 2.24) is 10.2 Å². The highest BCUT2D eigenvalue weighted by Gasteiger charge is 2.38. The average molecular weight is 323 g/mol. The van der Waals surface area contributed by atoms with Gasteiger partial charge in [-0.05, 0) is 50.9 Å². The van der Waals surface area contributed by atoms with Gasteiger partial charge in [-0.1, -0.05) is 0 Å². The Kier molecular flexibility index (Phi) is 6.17. The fourth-order valence-electron chi connectivity index (χ4n) is 4.38. The third-order valence-electron chi connectivity index (χ3n) is 5.75. The van der Waals surface area contributed by atoms with Gasteiger partial charge < -0.3 is 19.7 Å². The Hall–Kier alpha value is -0.810. The molecule has 3 aliphatic rings. The van der Waals surface area contributed by atoms with Crippen LogP contribution >= 0.6 is 0 Å². The Labute approximate surface area is 140 Å². The molecule has 3 saturated heterocycles. The van der Waals surface area contributed by atoms with Crippen molar-refractivity contribution in [2.75, 3.05) is 53.1 Å². The van der Waals surface area contributed by atoms with Gasteiger partial charge in [0.05, 0.1) is 6.61 Å². The van der Waals surface area contributed by atoms with Crippen LogP contribution in [0.1, 0.15) is 44.9 Å². The topological polar surface area (TPSA) is 46.1 Å². The Morgan fingerprint density at radius 3 is 2.74 bits per heavy atom. The number of ether oxygens (including phenoxy) is 2. The van der Waals surface area contributed by atoms with E-state index in [1.807, 2.05) is 7.05 Å². The van der Waals surface area contributed by atoms with Gasteiger partial charge in [0.1, 0.15) is 0 Å². The van der Waals surface area contributed by atoms with Crippen LogP contribution in [0.4, 0.5) is 0 Å². The van der Waals surface area contributed by atoms with E-state index in [0.29, 0.717) is 5.41 Å². The van der Waals surface area contributed by atoms with E-state index in [0.717, 1.165) is 57.9 Å². The van der Waals surface area contributed by atoms with Crippen molar-refractivity contribution in [1.29, 1.82) is 0 Å². The summed E-state index contributed by atoms with van der Waals surface area (Å²) in [6, 6.07) is 0. The molecule has 1 atom stereocenters. The molecule has 1 spiro atoms. The first-order chi connectivity index (χ1) is 11.3. The van der Waals surface area contributed by atoms with Gasteiger partial charge in [-0.15, -0.1) is 0 Å². The molecule has 0 aromatic rings. The average Bonchev–Trinajstić information content (AvgIpc) is 2.60. The molecule has 0 aromatic heterocycles. The minimum Gasteiger partial charge on any atom is -0.381 e. The molecule has 5 heteroatoms. The first kappa shape index (κ1) is 17.0. The van der Waals surface area contributed by atoms with Gasteiger partial charge >= 0.3 is 0 Å². The minimum absolute atomic E-state index is 0.370. The summed E-state index contributed by atoms with van der Waals surface area (Å²) in [5, 5.41) is 3.60. The van der Waals surface area contributed by atoms with Gasteiger partial charge in [-0.2, -0.15) is 0 Å². The van der Waals surface area contributed by atoms with E-state index in [-0.39, 0.29) is 0 Å². The number of nitrogens with one attached hydrogen (secondary N) is 1. The van der Waals surface area contributed by atoms with Gasteiger partial charge in [-0.25, -0.2) is 0 Å². The van der Waals surface area contributed by atoms with E-state index in [4.69, 9.17) is 9.47 Å². The van der Waals surface area contributed by atoms with Gasteiger partial charge in [0.15, 0.2) is 5.96 Å². The van der Waals surface area contributed by atoms with Crippen molar-refractivity contribution in [3.63, 3.8) is 0 Å². The number of hydrogen-bond donors (Lipinski definition) is 1. The lowest BCUT2D eigenvalue weighted by molar-refractivity contribution is -0.0370. The molecule has 0 aromatic carbocycles. The lowest BCUT2D eigenvalue weighted by Crippen LogP contribution is -2.53. The monoisotopic (exact) mass is 323 g/mol. The van der Waals surface area contributed by atoms with E-state index in [1.54, 1.807) is 0 Å². The molecule has 0 aliphatic carbocycles. The smallest absolute Gasteiger partial charge is 0.193 e. The van der Waals surface area contributed by atoms with E-state index < -0.39 is 0 Å². The highest BCUT2D eigenvalue weighted by molar-refractivity contribution is 5.80. The molecule has 0 saturated carbocycles. The summed E-state index contributed by atoms with van der Waals surface area (Å²) in [4.78, 5) is 7.00. The summed E-state index contributed by atoms with van der Waals surface area (Å²) in [7, 11) is 1.91. The lowest BCUT2D eigenvalue weighted by atomic mass is 9.76. The number of aliphatic imine (C=N–C) groups is 1. The predicted molar refractivity (Wildman–Crippen MR) is 92.8 cm³/mol. The third kappa shape index (κ3) is 4.60. The zero-order valence-corrected chi connectivity index (χ0v) is 14.7. The maximum Gasteiger partial charge on any atom is 0.193 e. The summed E-state index contributed by atoms with van der Waals surface area (Å²) >= 11 is 0. The Morgan fingerprint density at radius 1 is 1.17 bits per heavy atom. The van der Waals surface area contributed by atoms with Crippen LogP contribution in [0.25, 0.3) is 0 Å². The summed E-state index contributed by atoms with van der Waals surface area (Å²) in [5.41, 5.74) is 0.370. The number of nitrogens with zero attached hydrogens (tertiary/aromatic N) is 2. The van der Waals surface area contributed by atoms with Crippen LogP contribution < -0.4 is 5.32 Å². The number of guanidine groups is 1. The molecule has 3 rings (SSSR count). The zero-order chi connectivity index (χ0) is 16.0. The molecule has 3 heterocycles. The second-order valence-corrected chi connectivity index (χ2v) is 7.50. The molecule has 0 amide bonds. The van der Waals surface area contributed by atoms with Crippen LogP contribution in [0.2, 0.25) is 0 Å². The number of piperidine rings is 1.